The third kappa shape index (κ3) is 3.23. The summed E-state index contributed by atoms with van der Waals surface area (Å²) in [6, 6.07) is 0. The van der Waals surface area contributed by atoms with Gasteiger partial charge in [-0.25, -0.2) is 9.97 Å². The zero-order valence-corrected chi connectivity index (χ0v) is 14.7. The molecule has 1 aromatic rings. The van der Waals surface area contributed by atoms with Crippen molar-refractivity contribution in [1.82, 2.24) is 14.9 Å². The first-order valence-electron chi connectivity index (χ1n) is 8.50. The summed E-state index contributed by atoms with van der Waals surface area (Å²) in [6.07, 6.45) is 4.78. The highest BCUT2D eigenvalue weighted by atomic mass is 16.5. The molecule has 132 valence electrons. The zero-order valence-electron chi connectivity index (χ0n) is 14.7. The van der Waals surface area contributed by atoms with Gasteiger partial charge in [0.2, 0.25) is 11.9 Å². The summed E-state index contributed by atoms with van der Waals surface area (Å²) < 4.78 is 11.2. The first-order valence-corrected chi connectivity index (χ1v) is 8.50. The van der Waals surface area contributed by atoms with Crippen LogP contribution in [-0.2, 0) is 26.3 Å². The number of rotatable bonds is 4. The van der Waals surface area contributed by atoms with E-state index in [4.69, 9.17) is 14.5 Å². The maximum Gasteiger partial charge on any atom is 0.225 e. The van der Waals surface area contributed by atoms with Crippen LogP contribution in [0.2, 0.25) is 0 Å². The number of hydrogen-bond donors (Lipinski definition) is 0. The first kappa shape index (κ1) is 17.1. The second-order valence-corrected chi connectivity index (χ2v) is 6.65. The topological polar surface area (TPSA) is 67.8 Å². The van der Waals surface area contributed by atoms with Gasteiger partial charge in [-0.1, -0.05) is 0 Å². The molecule has 2 aliphatic rings. The van der Waals surface area contributed by atoms with Crippen molar-refractivity contribution in [3.05, 3.63) is 17.5 Å². The maximum absolute atomic E-state index is 12.2. The molecular weight excluding hydrogens is 308 g/mol. The number of carbonyl (C=O) groups excluding carboxylic acids is 1. The smallest absolute Gasteiger partial charge is 0.225 e. The Bertz CT molecular complexity index is 597. The van der Waals surface area contributed by atoms with E-state index in [0.29, 0.717) is 38.7 Å². The average Bonchev–Trinajstić information content (AvgIpc) is 2.60. The highest BCUT2D eigenvalue weighted by molar-refractivity contribution is 5.76. The Labute approximate surface area is 143 Å². The molecule has 7 nitrogen and oxygen atoms in total. The van der Waals surface area contributed by atoms with E-state index in [1.165, 1.54) is 5.56 Å². The fourth-order valence-corrected chi connectivity index (χ4v) is 3.46. The van der Waals surface area contributed by atoms with Crippen molar-refractivity contribution in [2.45, 2.75) is 31.3 Å². The first-order chi connectivity index (χ1) is 11.6. The van der Waals surface area contributed by atoms with Crippen molar-refractivity contribution >= 4 is 11.9 Å². The quantitative estimate of drug-likeness (QED) is 0.817. The molecule has 0 radical (unpaired) electrons. The number of anilines is 1. The summed E-state index contributed by atoms with van der Waals surface area (Å²) in [5.74, 6) is 0.858. The largest absolute Gasteiger partial charge is 0.384 e. The van der Waals surface area contributed by atoms with Crippen molar-refractivity contribution in [2.24, 2.45) is 0 Å². The van der Waals surface area contributed by atoms with Gasteiger partial charge < -0.3 is 19.3 Å². The number of hydrogen-bond acceptors (Lipinski definition) is 6. The van der Waals surface area contributed by atoms with Crippen LogP contribution in [0.15, 0.2) is 6.20 Å². The summed E-state index contributed by atoms with van der Waals surface area (Å²) in [5.41, 5.74) is 1.81. The number of methoxy groups -OCH3 is 1. The van der Waals surface area contributed by atoms with E-state index >= 15 is 0 Å². The molecule has 3 rings (SSSR count). The van der Waals surface area contributed by atoms with Gasteiger partial charge in [0.1, 0.15) is 5.60 Å². The SMILES string of the molecule is COCCC(=O)N1CCC2(CC1)OCCc1cnc(N(C)C)nc12. The van der Waals surface area contributed by atoms with E-state index in [0.717, 1.165) is 25.0 Å². The molecule has 24 heavy (non-hydrogen) atoms. The Balaban J connectivity index is 1.77. The lowest BCUT2D eigenvalue weighted by atomic mass is 9.83. The molecule has 0 saturated carbocycles. The molecule has 0 aliphatic carbocycles. The highest BCUT2D eigenvalue weighted by Gasteiger charge is 2.43. The second kappa shape index (κ2) is 7.03. The van der Waals surface area contributed by atoms with Crippen LogP contribution in [0, 0.1) is 0 Å². The fourth-order valence-electron chi connectivity index (χ4n) is 3.46. The lowest BCUT2D eigenvalue weighted by Crippen LogP contribution is -2.49. The second-order valence-electron chi connectivity index (χ2n) is 6.65. The van der Waals surface area contributed by atoms with Crippen molar-refractivity contribution in [1.29, 1.82) is 0 Å². The van der Waals surface area contributed by atoms with Crippen LogP contribution in [0.5, 0.6) is 0 Å². The Morgan fingerprint density at radius 2 is 2.17 bits per heavy atom. The molecule has 0 unspecified atom stereocenters. The lowest BCUT2D eigenvalue weighted by Gasteiger charge is -2.44. The minimum absolute atomic E-state index is 0.152. The number of fused-ring (bicyclic) bond motifs is 2. The van der Waals surface area contributed by atoms with Gasteiger partial charge in [-0.05, 0) is 24.8 Å². The molecule has 0 aromatic carbocycles. The average molecular weight is 334 g/mol. The van der Waals surface area contributed by atoms with Crippen LogP contribution in [0.1, 0.15) is 30.5 Å². The Morgan fingerprint density at radius 1 is 1.42 bits per heavy atom. The van der Waals surface area contributed by atoms with E-state index < -0.39 is 0 Å². The van der Waals surface area contributed by atoms with E-state index in [-0.39, 0.29) is 11.5 Å². The molecule has 1 aromatic heterocycles. The minimum atomic E-state index is -0.376. The van der Waals surface area contributed by atoms with Crippen LogP contribution < -0.4 is 4.90 Å². The standard InChI is InChI=1S/C17H26N4O3/c1-20(2)16-18-12-13-4-11-24-17(15(13)19-16)6-8-21(9-7-17)14(22)5-10-23-3/h12H,4-11H2,1-3H3. The van der Waals surface area contributed by atoms with Crippen molar-refractivity contribution in [3.63, 3.8) is 0 Å². The minimum Gasteiger partial charge on any atom is -0.384 e. The van der Waals surface area contributed by atoms with Gasteiger partial charge in [0.05, 0.1) is 25.3 Å². The summed E-state index contributed by atoms with van der Waals surface area (Å²) in [5, 5.41) is 0. The van der Waals surface area contributed by atoms with E-state index in [9.17, 15) is 4.79 Å². The van der Waals surface area contributed by atoms with Crippen LogP contribution in [0.4, 0.5) is 5.95 Å². The van der Waals surface area contributed by atoms with Crippen LogP contribution >= 0.6 is 0 Å². The number of amides is 1. The van der Waals surface area contributed by atoms with E-state index in [2.05, 4.69) is 4.98 Å². The molecule has 1 amide bonds. The van der Waals surface area contributed by atoms with E-state index in [1.54, 1.807) is 7.11 Å². The van der Waals surface area contributed by atoms with Crippen LogP contribution in [-0.4, -0.2) is 68.3 Å². The summed E-state index contributed by atoms with van der Waals surface area (Å²) in [4.78, 5) is 25.2. The molecule has 2 aliphatic heterocycles. The molecule has 0 bridgehead atoms. The number of likely N-dealkylation sites (tertiary alicyclic amines) is 1. The van der Waals surface area contributed by atoms with Gasteiger partial charge in [0, 0.05) is 40.5 Å². The molecule has 1 spiro atoms. The van der Waals surface area contributed by atoms with Crippen LogP contribution in [0.3, 0.4) is 0 Å². The lowest BCUT2D eigenvalue weighted by molar-refractivity contribution is -0.142. The van der Waals surface area contributed by atoms with Gasteiger partial charge in [-0.3, -0.25) is 4.79 Å². The Morgan fingerprint density at radius 3 is 2.83 bits per heavy atom. The van der Waals surface area contributed by atoms with Gasteiger partial charge >= 0.3 is 0 Å². The van der Waals surface area contributed by atoms with Gasteiger partial charge in [-0.15, -0.1) is 0 Å². The molecular formula is C17H26N4O3. The van der Waals surface area contributed by atoms with Crippen molar-refractivity contribution in [3.8, 4) is 0 Å². The highest BCUT2D eigenvalue weighted by Crippen LogP contribution is 2.40. The third-order valence-electron chi connectivity index (χ3n) is 4.88. The number of ether oxygens (including phenoxy) is 2. The Kier molecular flexibility index (Phi) is 5.01. The zero-order chi connectivity index (χ0) is 17.2. The molecule has 0 N–H and O–H groups in total. The van der Waals surface area contributed by atoms with Crippen LogP contribution in [0.25, 0.3) is 0 Å². The summed E-state index contributed by atoms with van der Waals surface area (Å²) in [7, 11) is 5.50. The van der Waals surface area contributed by atoms with Gasteiger partial charge in [0.25, 0.3) is 0 Å². The number of carbonyl (C=O) groups is 1. The molecule has 0 atom stereocenters. The molecule has 1 saturated heterocycles. The fraction of sp³-hybridized carbons (Fsp3) is 0.706. The van der Waals surface area contributed by atoms with Gasteiger partial charge in [0.15, 0.2) is 0 Å². The number of piperidine rings is 1. The normalized spacial score (nSPS) is 19.2. The molecule has 1 fully saturated rings. The van der Waals surface area contributed by atoms with E-state index in [1.807, 2.05) is 30.1 Å². The third-order valence-corrected chi connectivity index (χ3v) is 4.88. The monoisotopic (exact) mass is 334 g/mol. The van der Waals surface area contributed by atoms with Gasteiger partial charge in [-0.2, -0.15) is 0 Å². The molecule has 3 heterocycles. The number of nitrogens with zero attached hydrogens (tertiary/aromatic N) is 4. The predicted molar refractivity (Wildman–Crippen MR) is 90.0 cm³/mol. The van der Waals surface area contributed by atoms with Crippen molar-refractivity contribution < 1.29 is 14.3 Å². The summed E-state index contributed by atoms with van der Waals surface area (Å²) >= 11 is 0. The summed E-state index contributed by atoms with van der Waals surface area (Å²) in [6.45, 7) is 2.56. The number of aromatic nitrogens is 2. The van der Waals surface area contributed by atoms with Crippen molar-refractivity contribution in [2.75, 3.05) is 52.4 Å². The Hall–Kier alpha value is -1.73. The molecule has 7 heteroatoms. The maximum atomic E-state index is 12.2. The predicted octanol–water partition coefficient (Wildman–Crippen LogP) is 0.969.